The molecule has 4 rings (SSSR count). The molecule has 2 aromatic carbocycles. The van der Waals surface area contributed by atoms with Crippen LogP contribution in [0.1, 0.15) is 21.5 Å². The van der Waals surface area contributed by atoms with Gasteiger partial charge in [-0.25, -0.2) is 4.98 Å². The molecule has 0 unspecified atom stereocenters. The molecular weight excluding hydrogens is 370 g/mol. The van der Waals surface area contributed by atoms with Crippen molar-refractivity contribution in [1.29, 1.82) is 0 Å². The predicted molar refractivity (Wildman–Crippen MR) is 112 cm³/mol. The molecule has 0 aliphatic rings. The third-order valence-corrected chi connectivity index (χ3v) is 4.78. The summed E-state index contributed by atoms with van der Waals surface area (Å²) in [5, 5.41) is 4.51. The quantitative estimate of drug-likeness (QED) is 0.524. The zero-order valence-electron chi connectivity index (χ0n) is 15.3. The minimum atomic E-state index is -0.141. The van der Waals surface area contributed by atoms with Crippen molar-refractivity contribution in [3.63, 3.8) is 0 Å². The molecule has 2 aromatic heterocycles. The van der Waals surface area contributed by atoms with Gasteiger partial charge in [0.25, 0.3) is 5.91 Å². The molecule has 0 bridgehead atoms. The highest BCUT2D eigenvalue weighted by Gasteiger charge is 2.14. The minimum absolute atomic E-state index is 0.141. The Morgan fingerprint density at radius 1 is 1.07 bits per heavy atom. The van der Waals surface area contributed by atoms with Gasteiger partial charge in [0.1, 0.15) is 0 Å². The number of nitrogens with one attached hydrogen (secondary N) is 1. The normalized spacial score (nSPS) is 10.8. The van der Waals surface area contributed by atoms with Crippen LogP contribution in [0.5, 0.6) is 0 Å². The van der Waals surface area contributed by atoms with Crippen molar-refractivity contribution < 1.29 is 4.79 Å². The number of fused-ring (bicyclic) bond motifs is 1. The maximum absolute atomic E-state index is 13.0. The van der Waals surface area contributed by atoms with Gasteiger partial charge in [-0.2, -0.15) is 0 Å². The second kappa shape index (κ2) is 7.79. The van der Waals surface area contributed by atoms with E-state index < -0.39 is 0 Å². The topological polar surface area (TPSA) is 54.9 Å². The highest BCUT2D eigenvalue weighted by atomic mass is 35.5. The van der Waals surface area contributed by atoms with Crippen LogP contribution in [0.15, 0.2) is 73.1 Å². The number of nitrogens with zero attached hydrogens (tertiary/aromatic N) is 2. The molecular formula is C23H18ClN3O. The first-order valence-electron chi connectivity index (χ1n) is 8.94. The summed E-state index contributed by atoms with van der Waals surface area (Å²) in [7, 11) is 0. The molecule has 4 nitrogen and oxygen atoms in total. The third-order valence-electron chi connectivity index (χ3n) is 4.53. The van der Waals surface area contributed by atoms with E-state index in [1.165, 1.54) is 0 Å². The second-order valence-corrected chi connectivity index (χ2v) is 7.06. The number of halogens is 1. The number of aryl methyl sites for hydroxylation is 1. The fraction of sp³-hybridized carbons (Fsp3) is 0.0870. The monoisotopic (exact) mass is 387 g/mol. The average Bonchev–Trinajstić information content (AvgIpc) is 2.73. The zero-order valence-corrected chi connectivity index (χ0v) is 16.1. The number of amides is 1. The lowest BCUT2D eigenvalue weighted by molar-refractivity contribution is 0.0952. The smallest absolute Gasteiger partial charge is 0.252 e. The average molecular weight is 388 g/mol. The Hall–Kier alpha value is -3.24. The maximum Gasteiger partial charge on any atom is 0.252 e. The summed E-state index contributed by atoms with van der Waals surface area (Å²) in [4.78, 5) is 21.9. The zero-order chi connectivity index (χ0) is 19.5. The maximum atomic E-state index is 13.0. The first-order chi connectivity index (χ1) is 13.6. The van der Waals surface area contributed by atoms with E-state index in [1.807, 2.05) is 67.6 Å². The molecule has 1 N–H and O–H groups in total. The van der Waals surface area contributed by atoms with Crippen LogP contribution < -0.4 is 5.32 Å². The Morgan fingerprint density at radius 3 is 2.64 bits per heavy atom. The summed E-state index contributed by atoms with van der Waals surface area (Å²) in [6, 6.07) is 19.0. The molecule has 0 saturated heterocycles. The lowest BCUT2D eigenvalue weighted by Gasteiger charge is -2.11. The van der Waals surface area contributed by atoms with Crippen LogP contribution in [-0.4, -0.2) is 15.9 Å². The van der Waals surface area contributed by atoms with Gasteiger partial charge in [0.2, 0.25) is 0 Å². The van der Waals surface area contributed by atoms with Gasteiger partial charge in [0, 0.05) is 34.9 Å². The summed E-state index contributed by atoms with van der Waals surface area (Å²) in [6.45, 7) is 2.43. The molecule has 0 radical (unpaired) electrons. The summed E-state index contributed by atoms with van der Waals surface area (Å²) < 4.78 is 0. The Kier molecular flexibility index (Phi) is 5.04. The van der Waals surface area contributed by atoms with Crippen molar-refractivity contribution in [1.82, 2.24) is 15.3 Å². The molecule has 0 atom stereocenters. The number of benzene rings is 2. The predicted octanol–water partition coefficient (Wildman–Crippen LogP) is 5.19. The lowest BCUT2D eigenvalue weighted by Crippen LogP contribution is -2.23. The first kappa shape index (κ1) is 18.1. The Labute approximate surface area is 168 Å². The SMILES string of the molecule is Cc1ccc2nc(-c3cccnc3)cc(C(=O)NCc3ccc(Cl)cc3)c2c1. The summed E-state index contributed by atoms with van der Waals surface area (Å²) in [5.74, 6) is -0.141. The van der Waals surface area contributed by atoms with Gasteiger partial charge in [0.15, 0.2) is 0 Å². The van der Waals surface area contributed by atoms with E-state index in [-0.39, 0.29) is 5.91 Å². The van der Waals surface area contributed by atoms with Gasteiger partial charge in [-0.05, 0) is 55.0 Å². The van der Waals surface area contributed by atoms with E-state index in [0.717, 1.165) is 33.3 Å². The fourth-order valence-corrected chi connectivity index (χ4v) is 3.20. The first-order valence-corrected chi connectivity index (χ1v) is 9.32. The number of hydrogen-bond acceptors (Lipinski definition) is 3. The number of pyridine rings is 2. The van der Waals surface area contributed by atoms with Crippen molar-refractivity contribution in [2.24, 2.45) is 0 Å². The summed E-state index contributed by atoms with van der Waals surface area (Å²) in [6.07, 6.45) is 3.46. The van der Waals surface area contributed by atoms with Crippen molar-refractivity contribution in [3.8, 4) is 11.3 Å². The minimum Gasteiger partial charge on any atom is -0.348 e. The Balaban J connectivity index is 1.72. The van der Waals surface area contributed by atoms with Crippen LogP contribution >= 0.6 is 11.6 Å². The fourth-order valence-electron chi connectivity index (χ4n) is 3.07. The van der Waals surface area contributed by atoms with Gasteiger partial charge < -0.3 is 5.32 Å². The van der Waals surface area contributed by atoms with E-state index in [1.54, 1.807) is 12.4 Å². The van der Waals surface area contributed by atoms with E-state index in [2.05, 4.69) is 10.3 Å². The second-order valence-electron chi connectivity index (χ2n) is 6.63. The molecule has 138 valence electrons. The van der Waals surface area contributed by atoms with E-state index in [0.29, 0.717) is 17.1 Å². The van der Waals surface area contributed by atoms with Crippen LogP contribution in [0, 0.1) is 6.92 Å². The summed E-state index contributed by atoms with van der Waals surface area (Å²) >= 11 is 5.93. The molecule has 0 aliphatic heterocycles. The molecule has 0 fully saturated rings. The summed E-state index contributed by atoms with van der Waals surface area (Å²) in [5.41, 5.74) is 5.04. The van der Waals surface area contributed by atoms with Crippen molar-refractivity contribution in [2.75, 3.05) is 0 Å². The largest absolute Gasteiger partial charge is 0.348 e. The van der Waals surface area contributed by atoms with Crippen LogP contribution in [-0.2, 0) is 6.54 Å². The van der Waals surface area contributed by atoms with Crippen molar-refractivity contribution in [2.45, 2.75) is 13.5 Å². The third kappa shape index (κ3) is 3.87. The number of carbonyl (C=O) groups is 1. The van der Waals surface area contributed by atoms with Crippen LogP contribution in [0.4, 0.5) is 0 Å². The molecule has 0 spiro atoms. The van der Waals surface area contributed by atoms with Gasteiger partial charge in [-0.15, -0.1) is 0 Å². The van der Waals surface area contributed by atoms with E-state index in [4.69, 9.17) is 16.6 Å². The van der Waals surface area contributed by atoms with Gasteiger partial charge >= 0.3 is 0 Å². The van der Waals surface area contributed by atoms with Crippen LogP contribution in [0.25, 0.3) is 22.2 Å². The van der Waals surface area contributed by atoms with Crippen LogP contribution in [0.2, 0.25) is 5.02 Å². The van der Waals surface area contributed by atoms with Crippen molar-refractivity contribution >= 4 is 28.4 Å². The number of aromatic nitrogens is 2. The standard InChI is InChI=1S/C23H18ClN3O/c1-15-4-9-21-19(11-15)20(12-22(27-21)17-3-2-10-25-14-17)23(28)26-13-16-5-7-18(24)8-6-16/h2-12,14H,13H2,1H3,(H,26,28). The van der Waals surface area contributed by atoms with Gasteiger partial charge in [0.05, 0.1) is 16.8 Å². The van der Waals surface area contributed by atoms with E-state index >= 15 is 0 Å². The van der Waals surface area contributed by atoms with Gasteiger partial charge in [-0.3, -0.25) is 9.78 Å². The lowest BCUT2D eigenvalue weighted by atomic mass is 10.0. The molecule has 1 amide bonds. The van der Waals surface area contributed by atoms with E-state index in [9.17, 15) is 4.79 Å². The molecule has 0 aliphatic carbocycles. The molecule has 28 heavy (non-hydrogen) atoms. The molecule has 5 heteroatoms. The molecule has 0 saturated carbocycles. The highest BCUT2D eigenvalue weighted by Crippen LogP contribution is 2.25. The van der Waals surface area contributed by atoms with Crippen molar-refractivity contribution in [3.05, 3.63) is 94.8 Å². The molecule has 4 aromatic rings. The Morgan fingerprint density at radius 2 is 1.89 bits per heavy atom. The Bertz CT molecular complexity index is 1140. The highest BCUT2D eigenvalue weighted by molar-refractivity contribution is 6.30. The van der Waals surface area contributed by atoms with Gasteiger partial charge in [-0.1, -0.05) is 35.4 Å². The number of hydrogen-bond donors (Lipinski definition) is 1. The molecule has 2 heterocycles. The number of carbonyl (C=O) groups excluding carboxylic acids is 1. The van der Waals surface area contributed by atoms with Crippen LogP contribution in [0.3, 0.4) is 0 Å². The number of rotatable bonds is 4.